The maximum absolute atomic E-state index is 12.1. The Bertz CT molecular complexity index is 802. The maximum Gasteiger partial charge on any atom is 0.321 e. The molecule has 144 valence electrons. The molecule has 0 atom stereocenters. The van der Waals surface area contributed by atoms with Crippen molar-refractivity contribution in [3.05, 3.63) is 34.8 Å². The average Bonchev–Trinajstić information content (AvgIpc) is 3.08. The van der Waals surface area contributed by atoms with Crippen LogP contribution in [0.2, 0.25) is 0 Å². The monoisotopic (exact) mass is 390 g/mol. The van der Waals surface area contributed by atoms with Gasteiger partial charge < -0.3 is 15.2 Å². The lowest BCUT2D eigenvalue weighted by molar-refractivity contribution is -0.142. The highest BCUT2D eigenvalue weighted by molar-refractivity contribution is 7.15. The fourth-order valence-electron chi connectivity index (χ4n) is 3.14. The number of methoxy groups -OCH3 is 1. The Balaban J connectivity index is 1.48. The minimum absolute atomic E-state index is 0.00947. The summed E-state index contributed by atoms with van der Waals surface area (Å²) in [7, 11) is 1.62. The summed E-state index contributed by atoms with van der Waals surface area (Å²) in [6, 6.07) is 7.38. The van der Waals surface area contributed by atoms with E-state index < -0.39 is 5.97 Å². The van der Waals surface area contributed by atoms with Gasteiger partial charge in [0, 0.05) is 12.5 Å². The molecule has 0 saturated heterocycles. The predicted octanol–water partition coefficient (Wildman–Crippen LogP) is 2.90. The van der Waals surface area contributed by atoms with Gasteiger partial charge in [-0.25, -0.2) is 4.79 Å². The lowest BCUT2D eigenvalue weighted by Gasteiger charge is -2.26. The second kappa shape index (κ2) is 8.81. The number of amides is 2. The molecule has 0 spiro atoms. The summed E-state index contributed by atoms with van der Waals surface area (Å²) in [6.45, 7) is 0. The van der Waals surface area contributed by atoms with Crippen molar-refractivity contribution in [3.63, 3.8) is 0 Å². The van der Waals surface area contributed by atoms with Crippen molar-refractivity contribution in [2.24, 2.45) is 5.92 Å². The minimum atomic E-state index is -0.754. The first-order valence-corrected chi connectivity index (χ1v) is 9.61. The van der Waals surface area contributed by atoms with E-state index in [9.17, 15) is 9.59 Å². The average molecular weight is 390 g/mol. The highest BCUT2D eigenvalue weighted by Gasteiger charge is 2.26. The first-order chi connectivity index (χ1) is 13.0. The summed E-state index contributed by atoms with van der Waals surface area (Å²) in [6.07, 6.45) is 3.12. The van der Waals surface area contributed by atoms with Crippen LogP contribution in [-0.2, 0) is 11.2 Å². The molecule has 2 amide bonds. The van der Waals surface area contributed by atoms with Gasteiger partial charge in [0.1, 0.15) is 10.8 Å². The zero-order valence-corrected chi connectivity index (χ0v) is 15.8. The highest BCUT2D eigenvalue weighted by Crippen LogP contribution is 2.25. The second-order valence-corrected chi connectivity index (χ2v) is 7.58. The van der Waals surface area contributed by atoms with Gasteiger partial charge in [0.25, 0.3) is 0 Å². The van der Waals surface area contributed by atoms with Crippen LogP contribution in [0.4, 0.5) is 9.93 Å². The van der Waals surface area contributed by atoms with Gasteiger partial charge in [-0.15, -0.1) is 10.2 Å². The van der Waals surface area contributed by atoms with E-state index in [-0.39, 0.29) is 18.0 Å². The van der Waals surface area contributed by atoms with Crippen molar-refractivity contribution in [3.8, 4) is 5.75 Å². The Morgan fingerprint density at radius 3 is 2.74 bits per heavy atom. The number of nitrogens with one attached hydrogen (secondary N) is 2. The van der Waals surface area contributed by atoms with Crippen LogP contribution >= 0.6 is 11.3 Å². The third kappa shape index (κ3) is 5.40. The molecule has 0 bridgehead atoms. The topological polar surface area (TPSA) is 113 Å². The number of nitrogens with zero attached hydrogens (tertiary/aromatic N) is 2. The predicted molar refractivity (Wildman–Crippen MR) is 101 cm³/mol. The highest BCUT2D eigenvalue weighted by atomic mass is 32.1. The molecule has 0 aliphatic heterocycles. The summed E-state index contributed by atoms with van der Waals surface area (Å²) in [4.78, 5) is 23.1. The van der Waals surface area contributed by atoms with E-state index in [1.54, 1.807) is 7.11 Å². The number of carbonyl (C=O) groups is 2. The standard InChI is InChI=1S/C18H22N4O4S/c1-26-14-4-2-3-11(9-14)10-15-21-22-18(27-15)20-17(25)19-13-7-5-12(6-8-13)16(23)24/h2-4,9,12-13H,5-8,10H2,1H3,(H,23,24)(H2,19,20,22,25). The molecule has 1 saturated carbocycles. The molecule has 1 heterocycles. The molecule has 3 rings (SSSR count). The van der Waals surface area contributed by atoms with Crippen molar-refractivity contribution in [1.82, 2.24) is 15.5 Å². The summed E-state index contributed by atoms with van der Waals surface area (Å²) < 4.78 is 5.21. The number of aromatic nitrogens is 2. The van der Waals surface area contributed by atoms with Crippen LogP contribution in [-0.4, -0.2) is 40.5 Å². The number of rotatable bonds is 6. The fraction of sp³-hybridized carbons (Fsp3) is 0.444. The number of urea groups is 1. The molecule has 1 aliphatic carbocycles. The lowest BCUT2D eigenvalue weighted by atomic mass is 9.86. The number of anilines is 1. The van der Waals surface area contributed by atoms with E-state index in [0.29, 0.717) is 37.2 Å². The molecule has 2 aromatic rings. The summed E-state index contributed by atoms with van der Waals surface area (Å²) in [5, 5.41) is 24.0. The van der Waals surface area contributed by atoms with Crippen LogP contribution in [0.1, 0.15) is 36.3 Å². The van der Waals surface area contributed by atoms with Gasteiger partial charge in [-0.2, -0.15) is 0 Å². The fourth-order valence-corrected chi connectivity index (χ4v) is 3.90. The molecule has 1 fully saturated rings. The number of carboxylic acids is 1. The van der Waals surface area contributed by atoms with Crippen LogP contribution in [0, 0.1) is 5.92 Å². The number of carbonyl (C=O) groups excluding carboxylic acids is 1. The van der Waals surface area contributed by atoms with Crippen LogP contribution in [0.3, 0.4) is 0 Å². The number of hydrogen-bond donors (Lipinski definition) is 3. The summed E-state index contributed by atoms with van der Waals surface area (Å²) in [5.74, 6) is -0.267. The molecule has 3 N–H and O–H groups in total. The largest absolute Gasteiger partial charge is 0.497 e. The maximum atomic E-state index is 12.1. The van der Waals surface area contributed by atoms with Gasteiger partial charge in [-0.05, 0) is 43.4 Å². The zero-order valence-electron chi connectivity index (χ0n) is 15.0. The van der Waals surface area contributed by atoms with Crippen LogP contribution in [0.5, 0.6) is 5.75 Å². The molecule has 0 radical (unpaired) electrons. The number of carboxylic acid groups (broad SMARTS) is 1. The van der Waals surface area contributed by atoms with Crippen molar-refractivity contribution in [1.29, 1.82) is 0 Å². The minimum Gasteiger partial charge on any atom is -0.497 e. The SMILES string of the molecule is COc1cccc(Cc2nnc(NC(=O)NC3CCC(C(=O)O)CC3)s2)c1. The van der Waals surface area contributed by atoms with Gasteiger partial charge >= 0.3 is 12.0 Å². The van der Waals surface area contributed by atoms with Crippen molar-refractivity contribution in [2.45, 2.75) is 38.1 Å². The number of aliphatic carboxylic acids is 1. The zero-order chi connectivity index (χ0) is 19.2. The van der Waals surface area contributed by atoms with E-state index in [1.807, 2.05) is 24.3 Å². The van der Waals surface area contributed by atoms with Crippen molar-refractivity contribution >= 4 is 28.5 Å². The summed E-state index contributed by atoms with van der Waals surface area (Å²) >= 11 is 1.32. The van der Waals surface area contributed by atoms with Gasteiger partial charge in [0.05, 0.1) is 13.0 Å². The Morgan fingerprint density at radius 1 is 1.26 bits per heavy atom. The molecular formula is C18H22N4O4S. The Morgan fingerprint density at radius 2 is 2.04 bits per heavy atom. The van der Waals surface area contributed by atoms with Crippen LogP contribution in [0.25, 0.3) is 0 Å². The van der Waals surface area contributed by atoms with E-state index in [4.69, 9.17) is 9.84 Å². The van der Waals surface area contributed by atoms with E-state index in [2.05, 4.69) is 20.8 Å². The quantitative estimate of drug-likeness (QED) is 0.699. The normalized spacial score (nSPS) is 19.3. The molecular weight excluding hydrogens is 368 g/mol. The number of hydrogen-bond acceptors (Lipinski definition) is 6. The van der Waals surface area contributed by atoms with Gasteiger partial charge in [-0.3, -0.25) is 10.1 Å². The summed E-state index contributed by atoms with van der Waals surface area (Å²) in [5.41, 5.74) is 1.05. The van der Waals surface area contributed by atoms with E-state index >= 15 is 0 Å². The van der Waals surface area contributed by atoms with Gasteiger partial charge in [0.2, 0.25) is 5.13 Å². The second-order valence-electron chi connectivity index (χ2n) is 6.51. The lowest BCUT2D eigenvalue weighted by Crippen LogP contribution is -2.40. The molecule has 0 unspecified atom stereocenters. The van der Waals surface area contributed by atoms with E-state index in [0.717, 1.165) is 16.3 Å². The Kier molecular flexibility index (Phi) is 6.23. The molecule has 8 nitrogen and oxygen atoms in total. The molecule has 1 aromatic heterocycles. The third-order valence-electron chi connectivity index (χ3n) is 4.59. The molecule has 1 aromatic carbocycles. The third-order valence-corrected chi connectivity index (χ3v) is 5.43. The molecule has 1 aliphatic rings. The van der Waals surface area contributed by atoms with Gasteiger partial charge in [-0.1, -0.05) is 23.5 Å². The van der Waals surface area contributed by atoms with Crippen molar-refractivity contribution < 1.29 is 19.4 Å². The van der Waals surface area contributed by atoms with E-state index in [1.165, 1.54) is 11.3 Å². The first-order valence-electron chi connectivity index (χ1n) is 8.79. The van der Waals surface area contributed by atoms with Crippen LogP contribution in [0.15, 0.2) is 24.3 Å². The van der Waals surface area contributed by atoms with Crippen LogP contribution < -0.4 is 15.4 Å². The van der Waals surface area contributed by atoms with Crippen molar-refractivity contribution in [2.75, 3.05) is 12.4 Å². The number of ether oxygens (including phenoxy) is 1. The molecule has 27 heavy (non-hydrogen) atoms. The van der Waals surface area contributed by atoms with Gasteiger partial charge in [0.15, 0.2) is 0 Å². The number of benzene rings is 1. The Labute approximate surface area is 161 Å². The molecule has 9 heteroatoms. The first kappa shape index (κ1) is 19.1. The smallest absolute Gasteiger partial charge is 0.321 e. The Hall–Kier alpha value is -2.68.